The summed E-state index contributed by atoms with van der Waals surface area (Å²) in [6.45, 7) is 6.03. The van der Waals surface area contributed by atoms with Crippen molar-refractivity contribution in [3.8, 4) is 6.07 Å². The Morgan fingerprint density at radius 1 is 1.28 bits per heavy atom. The number of ether oxygens (including phenoxy) is 1. The number of carbonyl (C=O) groups is 2. The first kappa shape index (κ1) is 17.4. The zero-order valence-electron chi connectivity index (χ0n) is 14.5. The lowest BCUT2D eigenvalue weighted by atomic mass is 10.1. The number of hydrogen-bond acceptors (Lipinski definition) is 5. The van der Waals surface area contributed by atoms with Gasteiger partial charge in [0.25, 0.3) is 5.91 Å². The molecule has 0 unspecified atom stereocenters. The van der Waals surface area contributed by atoms with Crippen LogP contribution in [0.1, 0.15) is 25.0 Å². The molecule has 7 nitrogen and oxygen atoms in total. The Hall–Kier alpha value is -2.43. The number of urea groups is 1. The lowest BCUT2D eigenvalue weighted by Gasteiger charge is -2.38. The Bertz CT molecular complexity index is 715. The van der Waals surface area contributed by atoms with Gasteiger partial charge in [-0.15, -0.1) is 0 Å². The average molecular weight is 342 g/mol. The minimum Gasteiger partial charge on any atom is -0.376 e. The van der Waals surface area contributed by atoms with Crippen molar-refractivity contribution >= 4 is 11.9 Å². The number of nitrogens with zero attached hydrogens (tertiary/aromatic N) is 4. The van der Waals surface area contributed by atoms with Crippen LogP contribution in [0.2, 0.25) is 0 Å². The molecule has 2 fully saturated rings. The Kier molecular flexibility index (Phi) is 5.02. The molecule has 2 heterocycles. The molecule has 0 bridgehead atoms. The molecule has 1 aromatic carbocycles. The molecule has 3 rings (SSSR count). The Balaban J connectivity index is 1.69. The third-order valence-corrected chi connectivity index (χ3v) is 4.68. The highest BCUT2D eigenvalue weighted by atomic mass is 16.5. The highest BCUT2D eigenvalue weighted by Crippen LogP contribution is 2.19. The standard InChI is InChI=1S/C18H22N4O3/c1-13-11-25-14(2)8-20(13)12-21-10-17(23)22(18(21)24)9-16-6-4-3-5-15(16)7-19/h3-6,13-14H,8-12H2,1-2H3/t13-,14+/m1/s1. The lowest BCUT2D eigenvalue weighted by molar-refractivity contribution is -0.126. The normalized spacial score (nSPS) is 24.7. The summed E-state index contributed by atoms with van der Waals surface area (Å²) in [6, 6.07) is 9.03. The number of nitriles is 1. The molecule has 7 heteroatoms. The summed E-state index contributed by atoms with van der Waals surface area (Å²) in [5.41, 5.74) is 1.17. The van der Waals surface area contributed by atoms with E-state index in [4.69, 9.17) is 4.74 Å². The van der Waals surface area contributed by atoms with Crippen molar-refractivity contribution < 1.29 is 14.3 Å². The fraction of sp³-hybridized carbons (Fsp3) is 0.500. The fourth-order valence-electron chi connectivity index (χ4n) is 3.19. The van der Waals surface area contributed by atoms with Crippen molar-refractivity contribution in [1.29, 1.82) is 5.26 Å². The van der Waals surface area contributed by atoms with Gasteiger partial charge in [-0.3, -0.25) is 14.6 Å². The van der Waals surface area contributed by atoms with Crippen molar-refractivity contribution in [3.05, 3.63) is 35.4 Å². The van der Waals surface area contributed by atoms with Crippen LogP contribution in [0.5, 0.6) is 0 Å². The van der Waals surface area contributed by atoms with Gasteiger partial charge in [-0.1, -0.05) is 18.2 Å². The largest absolute Gasteiger partial charge is 0.376 e. The second kappa shape index (κ2) is 7.21. The molecule has 2 aliphatic heterocycles. The summed E-state index contributed by atoms with van der Waals surface area (Å²) in [5.74, 6) is -0.230. The van der Waals surface area contributed by atoms with E-state index in [0.29, 0.717) is 24.4 Å². The number of carbonyl (C=O) groups excluding carboxylic acids is 2. The van der Waals surface area contributed by atoms with Crippen LogP contribution in [-0.2, 0) is 16.1 Å². The maximum atomic E-state index is 12.7. The molecule has 0 aliphatic carbocycles. The minimum absolute atomic E-state index is 0.0754. The molecule has 0 aromatic heterocycles. The summed E-state index contributed by atoms with van der Waals surface area (Å²) < 4.78 is 5.61. The van der Waals surface area contributed by atoms with E-state index in [0.717, 1.165) is 6.54 Å². The fourth-order valence-corrected chi connectivity index (χ4v) is 3.19. The summed E-state index contributed by atoms with van der Waals surface area (Å²) in [6.07, 6.45) is 0.114. The second-order valence-electron chi connectivity index (χ2n) is 6.64. The van der Waals surface area contributed by atoms with Gasteiger partial charge in [0.05, 0.1) is 37.6 Å². The van der Waals surface area contributed by atoms with Gasteiger partial charge in [-0.25, -0.2) is 4.79 Å². The summed E-state index contributed by atoms with van der Waals surface area (Å²) >= 11 is 0. The van der Waals surface area contributed by atoms with Crippen LogP contribution in [0.3, 0.4) is 0 Å². The molecule has 3 amide bonds. The summed E-state index contributed by atoms with van der Waals surface area (Å²) in [5, 5.41) is 9.18. The lowest BCUT2D eigenvalue weighted by Crippen LogP contribution is -2.52. The minimum atomic E-state index is -0.302. The van der Waals surface area contributed by atoms with Gasteiger partial charge in [0.15, 0.2) is 0 Å². The first-order valence-electron chi connectivity index (χ1n) is 8.42. The van der Waals surface area contributed by atoms with Crippen LogP contribution >= 0.6 is 0 Å². The van der Waals surface area contributed by atoms with E-state index in [9.17, 15) is 14.9 Å². The number of rotatable bonds is 4. The molecule has 2 aliphatic rings. The highest BCUT2D eigenvalue weighted by molar-refractivity contribution is 6.01. The molecule has 132 valence electrons. The molecule has 1 aromatic rings. The maximum Gasteiger partial charge on any atom is 0.328 e. The van der Waals surface area contributed by atoms with E-state index in [1.54, 1.807) is 29.2 Å². The molecule has 0 saturated carbocycles. The third-order valence-electron chi connectivity index (χ3n) is 4.68. The quantitative estimate of drug-likeness (QED) is 0.773. The van der Waals surface area contributed by atoms with Crippen molar-refractivity contribution in [2.24, 2.45) is 0 Å². The molecule has 0 spiro atoms. The monoisotopic (exact) mass is 342 g/mol. The van der Waals surface area contributed by atoms with E-state index in [2.05, 4.69) is 17.9 Å². The molecule has 2 saturated heterocycles. The van der Waals surface area contributed by atoms with Gasteiger partial charge in [0.1, 0.15) is 6.54 Å². The van der Waals surface area contributed by atoms with Gasteiger partial charge < -0.3 is 9.64 Å². The van der Waals surface area contributed by atoms with Gasteiger partial charge in [0, 0.05) is 12.6 Å². The first-order chi connectivity index (χ1) is 12.0. The Morgan fingerprint density at radius 2 is 2.04 bits per heavy atom. The zero-order valence-corrected chi connectivity index (χ0v) is 14.5. The Morgan fingerprint density at radius 3 is 2.80 bits per heavy atom. The number of morpholine rings is 1. The number of amides is 3. The molecule has 2 atom stereocenters. The smallest absolute Gasteiger partial charge is 0.328 e. The van der Waals surface area contributed by atoms with Gasteiger partial charge in [-0.2, -0.15) is 5.26 Å². The third kappa shape index (κ3) is 3.65. The van der Waals surface area contributed by atoms with Crippen molar-refractivity contribution in [1.82, 2.24) is 14.7 Å². The van der Waals surface area contributed by atoms with Crippen LogP contribution in [0.25, 0.3) is 0 Å². The predicted molar refractivity (Wildman–Crippen MR) is 90.3 cm³/mol. The Labute approximate surface area is 147 Å². The van der Waals surface area contributed by atoms with Gasteiger partial charge >= 0.3 is 6.03 Å². The SMILES string of the molecule is C[C@@H]1CO[C@@H](C)CN1CN1CC(=O)N(Cc2ccccc2C#N)C1=O. The van der Waals surface area contributed by atoms with Crippen molar-refractivity contribution in [2.45, 2.75) is 32.5 Å². The molecular formula is C18H22N4O3. The molecule has 25 heavy (non-hydrogen) atoms. The summed E-state index contributed by atoms with van der Waals surface area (Å²) in [7, 11) is 0. The van der Waals surface area contributed by atoms with Crippen LogP contribution in [-0.4, -0.2) is 65.1 Å². The van der Waals surface area contributed by atoms with Crippen LogP contribution in [0.15, 0.2) is 24.3 Å². The van der Waals surface area contributed by atoms with Gasteiger partial charge in [-0.05, 0) is 25.5 Å². The average Bonchev–Trinajstić information content (AvgIpc) is 2.86. The van der Waals surface area contributed by atoms with E-state index in [1.165, 1.54) is 4.90 Å². The molecule has 0 radical (unpaired) electrons. The topological polar surface area (TPSA) is 76.9 Å². The van der Waals surface area contributed by atoms with Crippen LogP contribution in [0, 0.1) is 11.3 Å². The van der Waals surface area contributed by atoms with Crippen LogP contribution < -0.4 is 0 Å². The van der Waals surface area contributed by atoms with E-state index in [-0.39, 0.29) is 37.2 Å². The first-order valence-corrected chi connectivity index (χ1v) is 8.42. The van der Waals surface area contributed by atoms with Gasteiger partial charge in [0.2, 0.25) is 0 Å². The second-order valence-corrected chi connectivity index (χ2v) is 6.64. The molecule has 0 N–H and O–H groups in total. The zero-order chi connectivity index (χ0) is 18.0. The highest BCUT2D eigenvalue weighted by Gasteiger charge is 2.38. The van der Waals surface area contributed by atoms with Crippen LogP contribution in [0.4, 0.5) is 4.79 Å². The summed E-state index contributed by atoms with van der Waals surface area (Å²) in [4.78, 5) is 29.9. The number of hydrogen-bond donors (Lipinski definition) is 0. The van der Waals surface area contributed by atoms with Crippen molar-refractivity contribution in [3.63, 3.8) is 0 Å². The number of benzene rings is 1. The number of imide groups is 1. The molecular weight excluding hydrogens is 320 g/mol. The van der Waals surface area contributed by atoms with E-state index < -0.39 is 0 Å². The van der Waals surface area contributed by atoms with E-state index in [1.807, 2.05) is 6.92 Å². The maximum absolute atomic E-state index is 12.7. The predicted octanol–water partition coefficient (Wildman–Crippen LogP) is 1.39. The van der Waals surface area contributed by atoms with E-state index >= 15 is 0 Å². The van der Waals surface area contributed by atoms with Crippen molar-refractivity contribution in [2.75, 3.05) is 26.4 Å².